The summed E-state index contributed by atoms with van der Waals surface area (Å²) >= 11 is 3.01. The van der Waals surface area contributed by atoms with Crippen LogP contribution in [0.4, 0.5) is 0 Å². The lowest BCUT2D eigenvalue weighted by molar-refractivity contribution is -0.147. The predicted octanol–water partition coefficient (Wildman–Crippen LogP) is 3.71. The quantitative estimate of drug-likeness (QED) is 0.506. The summed E-state index contributed by atoms with van der Waals surface area (Å²) in [5, 5.41) is 22.5. The minimum atomic E-state index is -1.51. The van der Waals surface area contributed by atoms with Gasteiger partial charge in [-0.15, -0.1) is 22.7 Å². The average molecular weight is 440 g/mol. The van der Waals surface area contributed by atoms with E-state index < -0.39 is 18.1 Å². The fourth-order valence-corrected chi connectivity index (χ4v) is 6.01. The molecule has 0 bridgehead atoms. The molecule has 0 spiro atoms. The average Bonchev–Trinajstić information content (AvgIpc) is 3.42. The van der Waals surface area contributed by atoms with Crippen molar-refractivity contribution in [2.45, 2.75) is 31.0 Å². The summed E-state index contributed by atoms with van der Waals surface area (Å²) in [7, 11) is 0. The summed E-state index contributed by atoms with van der Waals surface area (Å²) < 4.78 is 2.10. The van der Waals surface area contributed by atoms with Gasteiger partial charge in [-0.05, 0) is 37.1 Å². The van der Waals surface area contributed by atoms with Crippen LogP contribution < -0.4 is 0 Å². The fourth-order valence-electron chi connectivity index (χ4n) is 3.89. The van der Waals surface area contributed by atoms with Crippen molar-refractivity contribution in [3.05, 3.63) is 58.5 Å². The third-order valence-corrected chi connectivity index (χ3v) is 7.89. The van der Waals surface area contributed by atoms with Crippen LogP contribution in [0.1, 0.15) is 34.9 Å². The molecule has 2 atom stereocenters. The van der Waals surface area contributed by atoms with Gasteiger partial charge in [-0.3, -0.25) is 4.79 Å². The number of aromatic nitrogens is 2. The van der Waals surface area contributed by atoms with Gasteiger partial charge in [0, 0.05) is 19.0 Å². The van der Waals surface area contributed by atoms with E-state index in [9.17, 15) is 15.0 Å². The van der Waals surface area contributed by atoms with Gasteiger partial charge in [-0.25, -0.2) is 9.97 Å². The van der Waals surface area contributed by atoms with E-state index in [0.29, 0.717) is 24.0 Å². The Morgan fingerprint density at radius 3 is 2.17 bits per heavy atom. The first-order valence-corrected chi connectivity index (χ1v) is 11.6. The molecule has 5 rings (SSSR count). The smallest absolute Gasteiger partial charge is 0.254 e. The summed E-state index contributed by atoms with van der Waals surface area (Å²) in [6.07, 6.45) is -1.23. The Kier molecular flexibility index (Phi) is 5.24. The van der Waals surface area contributed by atoms with Gasteiger partial charge >= 0.3 is 0 Å². The molecule has 2 aromatic carbocycles. The molecular formula is C22H21N3O3S2. The molecule has 3 heterocycles. The van der Waals surface area contributed by atoms with E-state index in [1.807, 2.05) is 42.5 Å². The van der Waals surface area contributed by atoms with Crippen molar-refractivity contribution in [2.75, 3.05) is 13.1 Å². The van der Waals surface area contributed by atoms with E-state index in [1.165, 1.54) is 16.0 Å². The molecule has 2 aromatic heterocycles. The first kappa shape index (κ1) is 19.6. The van der Waals surface area contributed by atoms with Crippen LogP contribution in [0, 0.1) is 0 Å². The number of thiazole rings is 2. The second kappa shape index (κ2) is 8.03. The van der Waals surface area contributed by atoms with Crippen molar-refractivity contribution in [1.29, 1.82) is 0 Å². The van der Waals surface area contributed by atoms with Crippen molar-refractivity contribution in [3.8, 4) is 0 Å². The fraction of sp³-hybridized carbons (Fsp3) is 0.318. The van der Waals surface area contributed by atoms with Crippen LogP contribution in [0.15, 0.2) is 48.5 Å². The van der Waals surface area contributed by atoms with Gasteiger partial charge in [-0.1, -0.05) is 24.3 Å². The van der Waals surface area contributed by atoms with Gasteiger partial charge in [0.1, 0.15) is 11.1 Å². The third-order valence-electron chi connectivity index (χ3n) is 5.58. The van der Waals surface area contributed by atoms with Gasteiger partial charge < -0.3 is 15.1 Å². The minimum Gasteiger partial charge on any atom is -0.383 e. The van der Waals surface area contributed by atoms with Crippen molar-refractivity contribution in [1.82, 2.24) is 14.9 Å². The number of likely N-dealkylation sites (tertiary alicyclic amines) is 1. The second-order valence-corrected chi connectivity index (χ2v) is 9.65. The number of amides is 1. The molecule has 30 heavy (non-hydrogen) atoms. The number of nitrogens with zero attached hydrogens (tertiary/aromatic N) is 3. The second-order valence-electron chi connectivity index (χ2n) is 7.53. The van der Waals surface area contributed by atoms with Crippen LogP contribution >= 0.6 is 22.7 Å². The van der Waals surface area contributed by atoms with E-state index in [0.717, 1.165) is 33.6 Å². The third kappa shape index (κ3) is 3.60. The van der Waals surface area contributed by atoms with Crippen molar-refractivity contribution in [2.24, 2.45) is 0 Å². The molecule has 0 aliphatic carbocycles. The highest BCUT2D eigenvalue weighted by Crippen LogP contribution is 2.34. The molecule has 1 fully saturated rings. The molecule has 0 saturated carbocycles. The number of aliphatic hydroxyl groups is 2. The first-order chi connectivity index (χ1) is 14.6. The Balaban J connectivity index is 1.24. The molecule has 4 aromatic rings. The molecule has 1 aliphatic rings. The number of hydrogen-bond acceptors (Lipinski definition) is 7. The number of rotatable bonds is 4. The maximum absolute atomic E-state index is 12.8. The zero-order valence-corrected chi connectivity index (χ0v) is 17.8. The topological polar surface area (TPSA) is 86.5 Å². The van der Waals surface area contributed by atoms with Crippen molar-refractivity contribution < 1.29 is 15.0 Å². The molecule has 154 valence electrons. The number of carbonyl (C=O) groups is 1. The zero-order valence-electron chi connectivity index (χ0n) is 16.1. The maximum Gasteiger partial charge on any atom is 0.254 e. The summed E-state index contributed by atoms with van der Waals surface area (Å²) in [4.78, 5) is 23.5. The highest BCUT2D eigenvalue weighted by Gasteiger charge is 2.34. The zero-order chi connectivity index (χ0) is 20.7. The maximum atomic E-state index is 12.8. The number of para-hydroxylation sites is 2. The SMILES string of the molecule is O=C(C(O)C(O)c1nc2ccccc2s1)N1CCC(c2nc3ccccc3s2)CC1. The van der Waals surface area contributed by atoms with Crippen LogP contribution in [0.5, 0.6) is 0 Å². The largest absolute Gasteiger partial charge is 0.383 e. The van der Waals surface area contributed by atoms with Crippen LogP contribution in [-0.4, -0.2) is 50.2 Å². The molecule has 8 heteroatoms. The Labute approximate surface area is 181 Å². The van der Waals surface area contributed by atoms with E-state index in [-0.39, 0.29) is 0 Å². The number of aliphatic hydroxyl groups excluding tert-OH is 2. The van der Waals surface area contributed by atoms with E-state index in [1.54, 1.807) is 16.2 Å². The molecule has 1 saturated heterocycles. The highest BCUT2D eigenvalue weighted by molar-refractivity contribution is 7.19. The molecule has 1 aliphatic heterocycles. The number of fused-ring (bicyclic) bond motifs is 2. The Bertz CT molecular complexity index is 1130. The van der Waals surface area contributed by atoms with Gasteiger partial charge in [0.25, 0.3) is 5.91 Å². The van der Waals surface area contributed by atoms with E-state index in [4.69, 9.17) is 4.98 Å². The minimum absolute atomic E-state index is 0.317. The summed E-state index contributed by atoms with van der Waals surface area (Å²) in [6.45, 7) is 1.09. The van der Waals surface area contributed by atoms with E-state index in [2.05, 4.69) is 11.1 Å². The monoisotopic (exact) mass is 439 g/mol. The number of hydrogen-bond donors (Lipinski definition) is 2. The van der Waals surface area contributed by atoms with Gasteiger partial charge in [0.05, 0.1) is 25.4 Å². The molecule has 0 radical (unpaired) electrons. The predicted molar refractivity (Wildman–Crippen MR) is 119 cm³/mol. The highest BCUT2D eigenvalue weighted by atomic mass is 32.1. The molecule has 6 nitrogen and oxygen atoms in total. The van der Waals surface area contributed by atoms with Crippen LogP contribution in [0.2, 0.25) is 0 Å². The summed E-state index contributed by atoms with van der Waals surface area (Å²) in [6, 6.07) is 15.6. The Morgan fingerprint density at radius 2 is 1.53 bits per heavy atom. The van der Waals surface area contributed by atoms with Crippen molar-refractivity contribution in [3.63, 3.8) is 0 Å². The number of piperidine rings is 1. The van der Waals surface area contributed by atoms with Gasteiger partial charge in [0.15, 0.2) is 6.10 Å². The molecular weight excluding hydrogens is 418 g/mol. The lowest BCUT2D eigenvalue weighted by Gasteiger charge is -2.33. The Morgan fingerprint density at radius 1 is 0.933 bits per heavy atom. The van der Waals surface area contributed by atoms with Gasteiger partial charge in [-0.2, -0.15) is 0 Å². The lowest BCUT2D eigenvalue weighted by Crippen LogP contribution is -2.45. The van der Waals surface area contributed by atoms with Crippen molar-refractivity contribution >= 4 is 49.0 Å². The normalized spacial score (nSPS) is 17.5. The summed E-state index contributed by atoms with van der Waals surface area (Å²) in [5.74, 6) is -0.123. The first-order valence-electron chi connectivity index (χ1n) is 9.96. The summed E-state index contributed by atoms with van der Waals surface area (Å²) in [5.41, 5.74) is 1.78. The molecule has 1 amide bonds. The number of carbonyl (C=O) groups excluding carboxylic acids is 1. The van der Waals surface area contributed by atoms with Crippen LogP contribution in [0.3, 0.4) is 0 Å². The van der Waals surface area contributed by atoms with Gasteiger partial charge in [0.2, 0.25) is 0 Å². The van der Waals surface area contributed by atoms with Crippen LogP contribution in [0.25, 0.3) is 20.4 Å². The molecule has 2 unspecified atom stereocenters. The molecule has 2 N–H and O–H groups in total. The van der Waals surface area contributed by atoms with Crippen LogP contribution in [-0.2, 0) is 4.79 Å². The lowest BCUT2D eigenvalue weighted by atomic mass is 9.97. The Hall–Kier alpha value is -2.39. The number of benzene rings is 2. The standard InChI is InChI=1S/C22H21N3O3S2/c26-18(21-24-15-6-2-4-8-17(15)30-21)19(27)22(28)25-11-9-13(10-12-25)20-23-14-5-1-3-7-16(14)29-20/h1-8,13,18-19,26-27H,9-12H2. The van der Waals surface area contributed by atoms with E-state index >= 15 is 0 Å².